The molecule has 0 aliphatic heterocycles. The maximum Gasteiger partial charge on any atom is 0.0433 e. The van der Waals surface area contributed by atoms with Crippen LogP contribution in [0.1, 0.15) is 38.5 Å². The summed E-state index contributed by atoms with van der Waals surface area (Å²) in [5.41, 5.74) is 4.50. The minimum Gasteiger partial charge on any atom is -0.396 e. The Labute approximate surface area is 69.8 Å². The first kappa shape index (κ1) is 10.9. The fourth-order valence-corrected chi connectivity index (χ4v) is 1.66. The second kappa shape index (κ2) is 8.02. The second-order valence-electron chi connectivity index (χ2n) is 3.02. The van der Waals surface area contributed by atoms with Gasteiger partial charge in [-0.2, -0.15) is 0 Å². The zero-order chi connectivity index (χ0) is 8.53. The van der Waals surface area contributed by atoms with Crippen molar-refractivity contribution >= 4 is 0 Å². The molecule has 0 saturated heterocycles. The highest BCUT2D eigenvalue weighted by Gasteiger charge is 2.11. The van der Waals surface area contributed by atoms with Crippen molar-refractivity contribution in [1.82, 2.24) is 0 Å². The Morgan fingerprint density at radius 2 is 1.73 bits per heavy atom. The van der Waals surface area contributed by atoms with E-state index < -0.39 is 0 Å². The van der Waals surface area contributed by atoms with E-state index in [-0.39, 0.29) is 0 Å². The smallest absolute Gasteiger partial charge is 0.0433 e. The van der Waals surface area contributed by atoms with Gasteiger partial charge < -0.3 is 10.8 Å². The molecule has 11 heavy (non-hydrogen) atoms. The van der Waals surface area contributed by atoms with Crippen LogP contribution in [0.3, 0.4) is 0 Å². The molecule has 1 fully saturated rings. The monoisotopic (exact) mass is 159 g/mol. The number of hydrogen-bond acceptors (Lipinski definition) is 2. The van der Waals surface area contributed by atoms with E-state index in [1.54, 1.807) is 0 Å². The fraction of sp³-hybridized carbons (Fsp3) is 1.00. The molecule has 1 saturated carbocycles. The normalized spacial score (nSPS) is 18.8. The second-order valence-corrected chi connectivity index (χ2v) is 3.02. The molecule has 0 radical (unpaired) electrons. The van der Waals surface area contributed by atoms with Gasteiger partial charge in [0, 0.05) is 6.61 Å². The van der Waals surface area contributed by atoms with E-state index in [4.69, 9.17) is 5.11 Å². The summed E-state index contributed by atoms with van der Waals surface area (Å²) in [6.07, 6.45) is 7.97. The van der Waals surface area contributed by atoms with Crippen molar-refractivity contribution in [2.45, 2.75) is 38.5 Å². The van der Waals surface area contributed by atoms with Crippen LogP contribution < -0.4 is 5.73 Å². The molecule has 0 atom stereocenters. The van der Waals surface area contributed by atoms with Crippen molar-refractivity contribution in [3.63, 3.8) is 0 Å². The van der Waals surface area contributed by atoms with E-state index in [9.17, 15) is 0 Å². The molecule has 3 N–H and O–H groups in total. The maximum absolute atomic E-state index is 8.62. The largest absolute Gasteiger partial charge is 0.396 e. The summed E-state index contributed by atoms with van der Waals surface area (Å²) in [5.74, 6) is 0.851. The van der Waals surface area contributed by atoms with Gasteiger partial charge in [0.2, 0.25) is 0 Å². The Bertz CT molecular complexity index is 67.2. The molecule has 0 aromatic carbocycles. The summed E-state index contributed by atoms with van der Waals surface area (Å²) in [6, 6.07) is 0. The van der Waals surface area contributed by atoms with E-state index in [0.717, 1.165) is 12.3 Å². The van der Waals surface area contributed by atoms with Crippen LogP contribution >= 0.6 is 0 Å². The average Bonchev–Trinajstić information content (AvgIpc) is 2.11. The summed E-state index contributed by atoms with van der Waals surface area (Å²) >= 11 is 0. The summed E-state index contributed by atoms with van der Waals surface area (Å²) in [5, 5.41) is 8.62. The fourth-order valence-electron chi connectivity index (χ4n) is 1.66. The Morgan fingerprint density at radius 1 is 1.18 bits per heavy atom. The number of nitrogens with two attached hydrogens (primary N) is 1. The van der Waals surface area contributed by atoms with Crippen molar-refractivity contribution in [2.24, 2.45) is 11.7 Å². The molecule has 0 spiro atoms. The summed E-state index contributed by atoms with van der Waals surface area (Å²) in [4.78, 5) is 0. The van der Waals surface area contributed by atoms with Crippen LogP contribution in [0.2, 0.25) is 0 Å². The van der Waals surface area contributed by atoms with Crippen molar-refractivity contribution < 1.29 is 5.11 Å². The standard InChI is InChI=1S/C8H16O.CH5N/c9-7-6-8-4-2-1-3-5-8;1-2/h8-9H,1-7H2;2H2,1H3. The molecule has 0 bridgehead atoms. The molecule has 1 aliphatic rings. The van der Waals surface area contributed by atoms with Gasteiger partial charge in [0.05, 0.1) is 0 Å². The summed E-state index contributed by atoms with van der Waals surface area (Å²) < 4.78 is 0. The van der Waals surface area contributed by atoms with Gasteiger partial charge in [-0.25, -0.2) is 0 Å². The SMILES string of the molecule is CN.OCCC1CCCCC1. The molecule has 0 unspecified atom stereocenters. The predicted octanol–water partition coefficient (Wildman–Crippen LogP) is 1.52. The van der Waals surface area contributed by atoms with Crippen LogP contribution in [-0.4, -0.2) is 18.8 Å². The van der Waals surface area contributed by atoms with Gasteiger partial charge in [0.15, 0.2) is 0 Å². The van der Waals surface area contributed by atoms with Crippen molar-refractivity contribution in [3.8, 4) is 0 Å². The number of rotatable bonds is 2. The van der Waals surface area contributed by atoms with E-state index in [2.05, 4.69) is 5.73 Å². The van der Waals surface area contributed by atoms with Gasteiger partial charge in [0.25, 0.3) is 0 Å². The number of aliphatic hydroxyl groups is 1. The lowest BCUT2D eigenvalue weighted by molar-refractivity contribution is 0.230. The Morgan fingerprint density at radius 3 is 2.18 bits per heavy atom. The third kappa shape index (κ3) is 5.22. The maximum atomic E-state index is 8.62. The van der Waals surface area contributed by atoms with Crippen LogP contribution in [0.25, 0.3) is 0 Å². The topological polar surface area (TPSA) is 46.2 Å². The average molecular weight is 159 g/mol. The third-order valence-corrected chi connectivity index (χ3v) is 2.26. The predicted molar refractivity (Wildman–Crippen MR) is 48.4 cm³/mol. The zero-order valence-corrected chi connectivity index (χ0v) is 7.55. The highest BCUT2D eigenvalue weighted by atomic mass is 16.3. The Balaban J connectivity index is 0.000000461. The van der Waals surface area contributed by atoms with Crippen molar-refractivity contribution in [3.05, 3.63) is 0 Å². The molecule has 2 heteroatoms. The molecule has 0 heterocycles. The van der Waals surface area contributed by atoms with Gasteiger partial charge >= 0.3 is 0 Å². The summed E-state index contributed by atoms with van der Waals surface area (Å²) in [6.45, 7) is 0.394. The molecule has 0 aromatic heterocycles. The summed E-state index contributed by atoms with van der Waals surface area (Å²) in [7, 11) is 1.50. The van der Waals surface area contributed by atoms with Gasteiger partial charge in [-0.1, -0.05) is 32.1 Å². The first-order valence-corrected chi connectivity index (χ1v) is 4.62. The molecular formula is C9H21NO. The minimum absolute atomic E-state index is 0.394. The first-order chi connectivity index (χ1) is 5.43. The Hall–Kier alpha value is -0.0800. The van der Waals surface area contributed by atoms with Crippen LogP contribution in [0.5, 0.6) is 0 Å². The van der Waals surface area contributed by atoms with Crippen molar-refractivity contribution in [2.75, 3.05) is 13.7 Å². The van der Waals surface area contributed by atoms with Gasteiger partial charge in [-0.15, -0.1) is 0 Å². The molecule has 1 aliphatic carbocycles. The molecule has 0 aromatic rings. The lowest BCUT2D eigenvalue weighted by Crippen LogP contribution is -2.07. The third-order valence-electron chi connectivity index (χ3n) is 2.26. The van der Waals surface area contributed by atoms with Gasteiger partial charge in [-0.3, -0.25) is 0 Å². The molecular weight excluding hydrogens is 138 g/mol. The lowest BCUT2D eigenvalue weighted by Gasteiger charge is -2.19. The van der Waals surface area contributed by atoms with Crippen LogP contribution in [-0.2, 0) is 0 Å². The zero-order valence-electron chi connectivity index (χ0n) is 7.55. The molecule has 0 amide bonds. The van der Waals surface area contributed by atoms with E-state index in [1.165, 1.54) is 39.2 Å². The van der Waals surface area contributed by atoms with Crippen LogP contribution in [0.15, 0.2) is 0 Å². The van der Waals surface area contributed by atoms with Crippen LogP contribution in [0.4, 0.5) is 0 Å². The van der Waals surface area contributed by atoms with Gasteiger partial charge in [0.1, 0.15) is 0 Å². The molecule has 68 valence electrons. The highest BCUT2D eigenvalue weighted by molar-refractivity contribution is 4.64. The van der Waals surface area contributed by atoms with Crippen molar-refractivity contribution in [1.29, 1.82) is 0 Å². The Kier molecular flexibility index (Phi) is 7.96. The molecule has 1 rings (SSSR count). The lowest BCUT2D eigenvalue weighted by atomic mass is 9.87. The quantitative estimate of drug-likeness (QED) is 0.641. The van der Waals surface area contributed by atoms with E-state index in [0.29, 0.717) is 6.61 Å². The van der Waals surface area contributed by atoms with Crippen LogP contribution in [0, 0.1) is 5.92 Å². The molecule has 2 nitrogen and oxygen atoms in total. The van der Waals surface area contributed by atoms with E-state index in [1.807, 2.05) is 0 Å². The van der Waals surface area contributed by atoms with Gasteiger partial charge in [-0.05, 0) is 19.4 Å². The number of hydrogen-bond donors (Lipinski definition) is 2. The highest BCUT2D eigenvalue weighted by Crippen LogP contribution is 2.25. The minimum atomic E-state index is 0.394. The number of aliphatic hydroxyl groups excluding tert-OH is 1. The van der Waals surface area contributed by atoms with E-state index >= 15 is 0 Å². The first-order valence-electron chi connectivity index (χ1n) is 4.62.